The molecule has 0 aliphatic carbocycles. The molecule has 1 atom stereocenters. The number of aryl methyl sites for hydroxylation is 1. The Balaban J connectivity index is 1.42. The molecule has 0 amide bonds. The van der Waals surface area contributed by atoms with Crippen LogP contribution in [-0.2, 0) is 11.3 Å². The molecule has 1 fully saturated rings. The molecule has 0 saturated carbocycles. The van der Waals surface area contributed by atoms with Crippen molar-refractivity contribution in [2.24, 2.45) is 0 Å². The third-order valence-corrected chi connectivity index (χ3v) is 5.83. The van der Waals surface area contributed by atoms with Crippen molar-refractivity contribution in [2.45, 2.75) is 39.3 Å². The van der Waals surface area contributed by atoms with Gasteiger partial charge in [0.25, 0.3) is 0 Å². The molecular weight excluding hydrogens is 366 g/mol. The number of fused-ring (bicyclic) bond motifs is 2. The summed E-state index contributed by atoms with van der Waals surface area (Å²) in [5.74, 6) is 1.77. The minimum Gasteiger partial charge on any atom is -0.477 e. The van der Waals surface area contributed by atoms with Gasteiger partial charge >= 0.3 is 0 Å². The van der Waals surface area contributed by atoms with Gasteiger partial charge in [0.15, 0.2) is 5.76 Å². The maximum Gasteiger partial charge on any atom is 0.231 e. The van der Waals surface area contributed by atoms with Crippen molar-refractivity contribution in [3.8, 4) is 11.5 Å². The molecule has 1 unspecified atom stereocenters. The van der Waals surface area contributed by atoms with E-state index in [2.05, 4.69) is 4.90 Å². The predicted molar refractivity (Wildman–Crippen MR) is 110 cm³/mol. The molecule has 1 saturated heterocycles. The second-order valence-electron chi connectivity index (χ2n) is 8.14. The first-order chi connectivity index (χ1) is 14.1. The maximum atomic E-state index is 13.0. The number of ketones is 1. The second-order valence-corrected chi connectivity index (χ2v) is 8.14. The number of benzene rings is 2. The lowest BCUT2D eigenvalue weighted by Gasteiger charge is -2.31. The zero-order valence-electron chi connectivity index (χ0n) is 16.9. The largest absolute Gasteiger partial charge is 0.477 e. The highest BCUT2D eigenvalue weighted by Crippen LogP contribution is 2.43. The first kappa shape index (κ1) is 18.4. The maximum absolute atomic E-state index is 13.0. The molecule has 2 aromatic carbocycles. The highest BCUT2D eigenvalue weighted by atomic mass is 16.5. The number of hydrogen-bond donors (Lipinski definition) is 0. The van der Waals surface area contributed by atoms with Gasteiger partial charge in [0.2, 0.25) is 5.78 Å². The molecule has 150 valence electrons. The lowest BCUT2D eigenvalue weighted by molar-refractivity contribution is 0.0276. The molecule has 5 heteroatoms. The summed E-state index contributed by atoms with van der Waals surface area (Å²) in [6, 6.07) is 9.97. The molecular formula is C24H25NO4. The summed E-state index contributed by atoms with van der Waals surface area (Å²) in [7, 11) is 0. The van der Waals surface area contributed by atoms with Crippen molar-refractivity contribution in [1.29, 1.82) is 0 Å². The molecule has 3 aliphatic heterocycles. The van der Waals surface area contributed by atoms with Crippen LogP contribution >= 0.6 is 0 Å². The normalized spacial score (nSPS) is 22.3. The molecule has 5 nitrogen and oxygen atoms in total. The summed E-state index contributed by atoms with van der Waals surface area (Å²) in [6.07, 6.45) is 4.33. The van der Waals surface area contributed by atoms with E-state index in [1.54, 1.807) is 0 Å². The molecule has 2 aromatic rings. The van der Waals surface area contributed by atoms with Crippen LogP contribution in [0.1, 0.15) is 45.5 Å². The van der Waals surface area contributed by atoms with Gasteiger partial charge in [-0.2, -0.15) is 0 Å². The molecule has 3 aliphatic rings. The van der Waals surface area contributed by atoms with Crippen molar-refractivity contribution in [1.82, 2.24) is 4.90 Å². The van der Waals surface area contributed by atoms with E-state index in [9.17, 15) is 4.79 Å². The number of carbonyl (C=O) groups is 1. The summed E-state index contributed by atoms with van der Waals surface area (Å²) in [4.78, 5) is 15.3. The van der Waals surface area contributed by atoms with E-state index in [4.69, 9.17) is 14.2 Å². The Kier molecular flexibility index (Phi) is 4.64. The fourth-order valence-electron chi connectivity index (χ4n) is 4.40. The summed E-state index contributed by atoms with van der Waals surface area (Å²) >= 11 is 0. The second kappa shape index (κ2) is 7.32. The summed E-state index contributed by atoms with van der Waals surface area (Å²) in [5, 5.41) is 0. The van der Waals surface area contributed by atoms with Gasteiger partial charge in [-0.15, -0.1) is 0 Å². The highest BCUT2D eigenvalue weighted by Gasteiger charge is 2.34. The number of rotatable bonds is 3. The van der Waals surface area contributed by atoms with Crippen molar-refractivity contribution in [3.05, 3.63) is 63.9 Å². The molecule has 0 spiro atoms. The first-order valence-electron chi connectivity index (χ1n) is 10.2. The van der Waals surface area contributed by atoms with Gasteiger partial charge < -0.3 is 14.2 Å². The average molecular weight is 391 g/mol. The summed E-state index contributed by atoms with van der Waals surface area (Å²) < 4.78 is 17.8. The van der Waals surface area contributed by atoms with Crippen LogP contribution in [0.15, 0.2) is 36.1 Å². The fourth-order valence-corrected chi connectivity index (χ4v) is 4.40. The Hall–Kier alpha value is -2.63. The molecule has 3 heterocycles. The van der Waals surface area contributed by atoms with E-state index in [-0.39, 0.29) is 11.9 Å². The molecule has 5 rings (SSSR count). The number of nitrogens with zero attached hydrogens (tertiary/aromatic N) is 1. The highest BCUT2D eigenvalue weighted by molar-refractivity contribution is 6.15. The smallest absolute Gasteiger partial charge is 0.231 e. The quantitative estimate of drug-likeness (QED) is 0.732. The Morgan fingerprint density at radius 2 is 2.10 bits per heavy atom. The fraction of sp³-hybridized carbons (Fsp3) is 0.375. The number of hydrogen-bond acceptors (Lipinski definition) is 5. The van der Waals surface area contributed by atoms with E-state index >= 15 is 0 Å². The van der Waals surface area contributed by atoms with Crippen molar-refractivity contribution in [3.63, 3.8) is 0 Å². The van der Waals surface area contributed by atoms with E-state index in [1.807, 2.05) is 50.3 Å². The third kappa shape index (κ3) is 3.45. The SMILES string of the molecule is Cc1cccc(/C=C2\Oc3c(cc4c(c3C)OCN(CC3CCCO3)C4)C2=O)c1. The van der Waals surface area contributed by atoms with Crippen LogP contribution in [0.2, 0.25) is 0 Å². The van der Waals surface area contributed by atoms with Gasteiger partial charge in [-0.3, -0.25) is 9.69 Å². The Morgan fingerprint density at radius 1 is 1.21 bits per heavy atom. The Labute approximate surface area is 170 Å². The van der Waals surface area contributed by atoms with Gasteiger partial charge in [-0.05, 0) is 44.4 Å². The van der Waals surface area contributed by atoms with Crippen LogP contribution in [0.4, 0.5) is 0 Å². The van der Waals surface area contributed by atoms with Crippen LogP contribution in [0.3, 0.4) is 0 Å². The number of ether oxygens (including phenoxy) is 3. The number of Topliss-reactive ketones (excluding diaryl/α,β-unsaturated/α-hetero) is 1. The van der Waals surface area contributed by atoms with E-state index in [0.29, 0.717) is 23.8 Å². The van der Waals surface area contributed by atoms with Crippen molar-refractivity contribution in [2.75, 3.05) is 19.9 Å². The minimum atomic E-state index is -0.0661. The van der Waals surface area contributed by atoms with Crippen molar-refractivity contribution < 1.29 is 19.0 Å². The molecule has 0 aromatic heterocycles. The van der Waals surface area contributed by atoms with Crippen LogP contribution < -0.4 is 9.47 Å². The van der Waals surface area contributed by atoms with Gasteiger partial charge in [-0.1, -0.05) is 29.8 Å². The zero-order chi connectivity index (χ0) is 20.0. The lowest BCUT2D eigenvalue weighted by Crippen LogP contribution is -2.37. The van der Waals surface area contributed by atoms with Gasteiger partial charge in [0, 0.05) is 30.8 Å². The number of allylic oxidation sites excluding steroid dienone is 1. The molecule has 0 radical (unpaired) electrons. The van der Waals surface area contributed by atoms with Crippen molar-refractivity contribution >= 4 is 11.9 Å². The van der Waals surface area contributed by atoms with Crippen LogP contribution in [0.5, 0.6) is 11.5 Å². The third-order valence-electron chi connectivity index (χ3n) is 5.83. The van der Waals surface area contributed by atoms with E-state index in [1.165, 1.54) is 0 Å². The van der Waals surface area contributed by atoms with Crippen LogP contribution in [0, 0.1) is 13.8 Å². The average Bonchev–Trinajstić information content (AvgIpc) is 3.31. The first-order valence-corrected chi connectivity index (χ1v) is 10.2. The number of carbonyl (C=O) groups excluding carboxylic acids is 1. The Bertz CT molecular complexity index is 1000. The Morgan fingerprint density at radius 3 is 2.90 bits per heavy atom. The topological polar surface area (TPSA) is 48.0 Å². The van der Waals surface area contributed by atoms with E-state index < -0.39 is 0 Å². The summed E-state index contributed by atoms with van der Waals surface area (Å²) in [6.45, 7) is 7.01. The van der Waals surface area contributed by atoms with Crippen LogP contribution in [-0.4, -0.2) is 36.7 Å². The lowest BCUT2D eigenvalue weighted by atomic mass is 9.99. The molecule has 0 bridgehead atoms. The van der Waals surface area contributed by atoms with Crippen LogP contribution in [0.25, 0.3) is 6.08 Å². The monoisotopic (exact) mass is 391 g/mol. The zero-order valence-corrected chi connectivity index (χ0v) is 16.9. The predicted octanol–water partition coefficient (Wildman–Crippen LogP) is 4.25. The van der Waals surface area contributed by atoms with E-state index in [0.717, 1.165) is 60.5 Å². The van der Waals surface area contributed by atoms with Gasteiger partial charge in [0.1, 0.15) is 18.2 Å². The standard InChI is InChI=1S/C24H25NO4/c1-15-5-3-6-17(9-15)10-21-22(26)20-11-18-12-25(13-19-7-4-8-27-19)14-28-23(18)16(2)24(20)29-21/h3,5-6,9-11,19H,4,7-8,12-14H2,1-2H3/b21-10-. The molecule has 0 N–H and O–H groups in total. The summed E-state index contributed by atoms with van der Waals surface area (Å²) in [5.41, 5.74) is 4.67. The molecule has 29 heavy (non-hydrogen) atoms. The van der Waals surface area contributed by atoms with Gasteiger partial charge in [0.05, 0.1) is 11.7 Å². The minimum absolute atomic E-state index is 0.0661. The van der Waals surface area contributed by atoms with Gasteiger partial charge in [-0.25, -0.2) is 0 Å².